The summed E-state index contributed by atoms with van der Waals surface area (Å²) >= 11 is 0. The Kier molecular flexibility index (Phi) is 5.02. The molecule has 20 heavy (non-hydrogen) atoms. The quantitative estimate of drug-likeness (QED) is 0.875. The highest BCUT2D eigenvalue weighted by Crippen LogP contribution is 2.29. The van der Waals surface area contributed by atoms with Crippen LogP contribution in [0.1, 0.15) is 23.6 Å². The second kappa shape index (κ2) is 6.96. The van der Waals surface area contributed by atoms with Gasteiger partial charge < -0.3 is 14.6 Å². The minimum atomic E-state index is -0.00184. The van der Waals surface area contributed by atoms with Crippen LogP contribution in [-0.4, -0.2) is 11.7 Å². The summed E-state index contributed by atoms with van der Waals surface area (Å²) in [6.07, 6.45) is 0. The van der Waals surface area contributed by atoms with Crippen molar-refractivity contribution in [1.29, 1.82) is 0 Å². The van der Waals surface area contributed by atoms with Crippen LogP contribution in [0.4, 0.5) is 0 Å². The van der Waals surface area contributed by atoms with E-state index in [-0.39, 0.29) is 6.61 Å². The van der Waals surface area contributed by atoms with Gasteiger partial charge in [0.25, 0.3) is 0 Å². The van der Waals surface area contributed by atoms with Gasteiger partial charge in [-0.1, -0.05) is 30.3 Å². The first-order chi connectivity index (χ1) is 9.74. The van der Waals surface area contributed by atoms with E-state index in [0.29, 0.717) is 24.7 Å². The van der Waals surface area contributed by atoms with Crippen LogP contribution in [0, 0.1) is 6.92 Å². The lowest BCUT2D eigenvalue weighted by molar-refractivity contribution is 0.263. The summed E-state index contributed by atoms with van der Waals surface area (Å²) in [6.45, 7) is 5.06. The summed E-state index contributed by atoms with van der Waals surface area (Å²) in [7, 11) is 0. The van der Waals surface area contributed by atoms with Crippen LogP contribution in [0.2, 0.25) is 0 Å². The molecular weight excluding hydrogens is 252 g/mol. The average molecular weight is 272 g/mol. The van der Waals surface area contributed by atoms with Crippen LogP contribution in [0.25, 0.3) is 0 Å². The summed E-state index contributed by atoms with van der Waals surface area (Å²) in [5, 5.41) is 9.17. The zero-order chi connectivity index (χ0) is 14.4. The molecule has 0 fully saturated rings. The topological polar surface area (TPSA) is 38.7 Å². The minimum absolute atomic E-state index is 0.00184. The first kappa shape index (κ1) is 14.4. The lowest BCUT2D eigenvalue weighted by atomic mass is 10.1. The summed E-state index contributed by atoms with van der Waals surface area (Å²) < 4.78 is 11.4. The van der Waals surface area contributed by atoms with Gasteiger partial charge in [0, 0.05) is 0 Å². The lowest BCUT2D eigenvalue weighted by Gasteiger charge is -2.13. The highest BCUT2D eigenvalue weighted by Gasteiger charge is 2.07. The third-order valence-electron chi connectivity index (χ3n) is 3.13. The molecule has 0 aliphatic heterocycles. The number of benzene rings is 2. The number of hydrogen-bond donors (Lipinski definition) is 1. The van der Waals surface area contributed by atoms with Crippen molar-refractivity contribution in [2.75, 3.05) is 6.61 Å². The molecule has 0 atom stereocenters. The van der Waals surface area contributed by atoms with Crippen molar-refractivity contribution in [3.8, 4) is 11.5 Å². The molecule has 0 aromatic heterocycles. The zero-order valence-corrected chi connectivity index (χ0v) is 11.9. The second-order valence-corrected chi connectivity index (χ2v) is 4.59. The molecule has 3 heteroatoms. The summed E-state index contributed by atoms with van der Waals surface area (Å²) in [4.78, 5) is 0. The molecule has 0 spiro atoms. The molecule has 0 saturated heterocycles. The fourth-order valence-electron chi connectivity index (χ4n) is 1.97. The average Bonchev–Trinajstić information content (AvgIpc) is 2.47. The Labute approximate surface area is 119 Å². The number of aliphatic hydroxyl groups excluding tert-OH is 1. The smallest absolute Gasteiger partial charge is 0.161 e. The third-order valence-corrected chi connectivity index (χ3v) is 3.13. The van der Waals surface area contributed by atoms with Crippen LogP contribution in [0.5, 0.6) is 11.5 Å². The SMILES string of the molecule is CCOc1cc(CO)ccc1OCc1ccccc1C. The standard InChI is InChI=1S/C17H20O3/c1-3-19-17-10-14(11-18)8-9-16(17)20-12-15-7-5-4-6-13(15)2/h4-10,18H,3,11-12H2,1-2H3. The Bertz CT molecular complexity index is 564. The Morgan fingerprint density at radius 1 is 1.00 bits per heavy atom. The largest absolute Gasteiger partial charge is 0.490 e. The normalized spacial score (nSPS) is 10.3. The molecule has 0 saturated carbocycles. The van der Waals surface area contributed by atoms with Crippen molar-refractivity contribution < 1.29 is 14.6 Å². The Morgan fingerprint density at radius 2 is 1.80 bits per heavy atom. The predicted molar refractivity (Wildman–Crippen MR) is 79.0 cm³/mol. The van der Waals surface area contributed by atoms with Gasteiger partial charge in [-0.25, -0.2) is 0 Å². The third kappa shape index (κ3) is 3.52. The van der Waals surface area contributed by atoms with E-state index in [1.807, 2.05) is 37.3 Å². The number of rotatable bonds is 6. The van der Waals surface area contributed by atoms with Gasteiger partial charge in [-0.3, -0.25) is 0 Å². The second-order valence-electron chi connectivity index (χ2n) is 4.59. The molecule has 1 N–H and O–H groups in total. The highest BCUT2D eigenvalue weighted by atomic mass is 16.5. The van der Waals surface area contributed by atoms with Crippen LogP contribution >= 0.6 is 0 Å². The Balaban J connectivity index is 2.14. The van der Waals surface area contributed by atoms with Crippen molar-refractivity contribution in [1.82, 2.24) is 0 Å². The molecule has 2 aromatic rings. The summed E-state index contributed by atoms with van der Waals surface area (Å²) in [6, 6.07) is 13.6. The summed E-state index contributed by atoms with van der Waals surface area (Å²) in [5.41, 5.74) is 3.18. The van der Waals surface area contributed by atoms with Crippen molar-refractivity contribution in [2.24, 2.45) is 0 Å². The van der Waals surface area contributed by atoms with E-state index in [4.69, 9.17) is 14.6 Å². The Morgan fingerprint density at radius 3 is 2.50 bits per heavy atom. The van der Waals surface area contributed by atoms with E-state index in [9.17, 15) is 0 Å². The van der Waals surface area contributed by atoms with Crippen LogP contribution < -0.4 is 9.47 Å². The van der Waals surface area contributed by atoms with Crippen molar-refractivity contribution >= 4 is 0 Å². The molecule has 0 aliphatic rings. The molecule has 0 heterocycles. The number of hydrogen-bond acceptors (Lipinski definition) is 3. The van der Waals surface area contributed by atoms with Gasteiger partial charge in [-0.05, 0) is 42.7 Å². The maximum atomic E-state index is 9.17. The number of aryl methyl sites for hydroxylation is 1. The van der Waals surface area contributed by atoms with E-state index in [0.717, 1.165) is 11.1 Å². The molecular formula is C17H20O3. The maximum absolute atomic E-state index is 9.17. The maximum Gasteiger partial charge on any atom is 0.161 e. The van der Waals surface area contributed by atoms with Gasteiger partial charge in [-0.15, -0.1) is 0 Å². The summed E-state index contributed by atoms with van der Waals surface area (Å²) in [5.74, 6) is 1.37. The van der Waals surface area contributed by atoms with E-state index >= 15 is 0 Å². The van der Waals surface area contributed by atoms with Crippen molar-refractivity contribution in [3.63, 3.8) is 0 Å². The van der Waals surface area contributed by atoms with Gasteiger partial charge >= 0.3 is 0 Å². The van der Waals surface area contributed by atoms with Crippen LogP contribution in [0.15, 0.2) is 42.5 Å². The van der Waals surface area contributed by atoms with Gasteiger partial charge in [-0.2, -0.15) is 0 Å². The van der Waals surface area contributed by atoms with E-state index in [1.165, 1.54) is 5.56 Å². The molecule has 0 unspecified atom stereocenters. The lowest BCUT2D eigenvalue weighted by Crippen LogP contribution is -2.01. The highest BCUT2D eigenvalue weighted by molar-refractivity contribution is 5.43. The van der Waals surface area contributed by atoms with Gasteiger partial charge in [0.2, 0.25) is 0 Å². The van der Waals surface area contributed by atoms with Crippen molar-refractivity contribution in [3.05, 3.63) is 59.2 Å². The molecule has 2 rings (SSSR count). The van der Waals surface area contributed by atoms with E-state index < -0.39 is 0 Å². The van der Waals surface area contributed by atoms with Crippen LogP contribution in [-0.2, 0) is 13.2 Å². The number of aliphatic hydroxyl groups is 1. The zero-order valence-electron chi connectivity index (χ0n) is 11.9. The fourth-order valence-corrected chi connectivity index (χ4v) is 1.97. The van der Waals surface area contributed by atoms with Crippen molar-refractivity contribution in [2.45, 2.75) is 27.1 Å². The van der Waals surface area contributed by atoms with Gasteiger partial charge in [0.1, 0.15) is 6.61 Å². The first-order valence-corrected chi connectivity index (χ1v) is 6.78. The number of ether oxygens (including phenoxy) is 2. The molecule has 0 aliphatic carbocycles. The van der Waals surface area contributed by atoms with E-state index in [2.05, 4.69) is 19.1 Å². The van der Waals surface area contributed by atoms with Gasteiger partial charge in [0.05, 0.1) is 13.2 Å². The molecule has 3 nitrogen and oxygen atoms in total. The Hall–Kier alpha value is -2.00. The van der Waals surface area contributed by atoms with E-state index in [1.54, 1.807) is 0 Å². The molecule has 0 amide bonds. The molecule has 2 aromatic carbocycles. The molecule has 106 valence electrons. The monoisotopic (exact) mass is 272 g/mol. The molecule has 0 radical (unpaired) electrons. The van der Waals surface area contributed by atoms with Crippen LogP contribution in [0.3, 0.4) is 0 Å². The predicted octanol–water partition coefficient (Wildman–Crippen LogP) is 3.47. The first-order valence-electron chi connectivity index (χ1n) is 6.78. The van der Waals surface area contributed by atoms with Gasteiger partial charge in [0.15, 0.2) is 11.5 Å². The molecule has 0 bridgehead atoms. The fraction of sp³-hybridized carbons (Fsp3) is 0.294. The minimum Gasteiger partial charge on any atom is -0.490 e.